The minimum Gasteiger partial charge on any atom is -0.494 e. The summed E-state index contributed by atoms with van der Waals surface area (Å²) in [6.07, 6.45) is 5.46. The average molecular weight is 625 g/mol. The Bertz CT molecular complexity index is 1330. The number of hydrogen-bond acceptors (Lipinski definition) is 5. The number of benzene rings is 3. The Hall–Kier alpha value is -3.81. The molecular formula is C37H43F3O5. The molecule has 0 amide bonds. The highest BCUT2D eigenvalue weighted by Gasteiger charge is 2.48. The summed E-state index contributed by atoms with van der Waals surface area (Å²) in [5.74, 6) is -1.38. The zero-order valence-electron chi connectivity index (χ0n) is 26.0. The second-order valence-electron chi connectivity index (χ2n) is 11.8. The van der Waals surface area contributed by atoms with Crippen molar-refractivity contribution >= 4 is 11.9 Å². The molecule has 4 rings (SSSR count). The lowest BCUT2D eigenvalue weighted by atomic mass is 10.0. The van der Waals surface area contributed by atoms with Gasteiger partial charge in [-0.1, -0.05) is 89.0 Å². The van der Waals surface area contributed by atoms with Gasteiger partial charge in [0, 0.05) is 5.92 Å². The second kappa shape index (κ2) is 17.0. The zero-order valence-corrected chi connectivity index (χ0v) is 26.0. The molecule has 0 saturated heterocycles. The summed E-state index contributed by atoms with van der Waals surface area (Å²) in [5, 5.41) is 0. The summed E-state index contributed by atoms with van der Waals surface area (Å²) in [4.78, 5) is 25.2. The monoisotopic (exact) mass is 624 g/mol. The van der Waals surface area contributed by atoms with E-state index in [1.54, 1.807) is 12.1 Å². The summed E-state index contributed by atoms with van der Waals surface area (Å²) < 4.78 is 56.7. The van der Waals surface area contributed by atoms with Crippen LogP contribution in [0, 0.1) is 5.92 Å². The van der Waals surface area contributed by atoms with Gasteiger partial charge in [0.2, 0.25) is 0 Å². The van der Waals surface area contributed by atoms with Gasteiger partial charge in [-0.15, -0.1) is 0 Å². The summed E-state index contributed by atoms with van der Waals surface area (Å²) in [6, 6.07) is 20.1. The zero-order chi connectivity index (χ0) is 32.1. The van der Waals surface area contributed by atoms with Crippen LogP contribution >= 0.6 is 0 Å². The third-order valence-corrected chi connectivity index (χ3v) is 8.26. The number of rotatable bonds is 16. The van der Waals surface area contributed by atoms with Crippen molar-refractivity contribution in [3.8, 4) is 22.6 Å². The van der Waals surface area contributed by atoms with Crippen molar-refractivity contribution in [3.05, 3.63) is 83.9 Å². The van der Waals surface area contributed by atoms with E-state index < -0.39 is 30.1 Å². The van der Waals surface area contributed by atoms with Gasteiger partial charge in [0.05, 0.1) is 17.7 Å². The van der Waals surface area contributed by atoms with Crippen LogP contribution in [-0.4, -0.2) is 30.8 Å². The number of halogens is 3. The molecule has 0 spiro atoms. The molecule has 1 atom stereocenters. The summed E-state index contributed by atoms with van der Waals surface area (Å²) >= 11 is 0. The minimum absolute atomic E-state index is 0.0454. The van der Waals surface area contributed by atoms with Gasteiger partial charge < -0.3 is 14.2 Å². The first kappa shape index (κ1) is 34.1. The number of carbonyl (C=O) groups excluding carboxylic acids is 2. The van der Waals surface area contributed by atoms with Crippen molar-refractivity contribution < 1.29 is 37.0 Å². The number of hydrogen-bond donors (Lipinski definition) is 0. The van der Waals surface area contributed by atoms with Gasteiger partial charge in [-0.25, -0.2) is 9.59 Å². The van der Waals surface area contributed by atoms with E-state index in [2.05, 4.69) is 6.92 Å². The first-order chi connectivity index (χ1) is 21.7. The summed E-state index contributed by atoms with van der Waals surface area (Å²) in [7, 11) is 0. The number of alkyl halides is 3. The molecule has 242 valence electrons. The molecule has 5 nitrogen and oxygen atoms in total. The summed E-state index contributed by atoms with van der Waals surface area (Å²) in [5.41, 5.74) is 2.20. The van der Waals surface area contributed by atoms with Crippen molar-refractivity contribution in [2.45, 2.75) is 96.3 Å². The molecule has 1 fully saturated rings. The first-order valence-corrected chi connectivity index (χ1v) is 16.2. The van der Waals surface area contributed by atoms with Gasteiger partial charge in [0.1, 0.15) is 11.5 Å². The average Bonchev–Trinajstić information content (AvgIpc) is 3.57. The Morgan fingerprint density at radius 1 is 0.689 bits per heavy atom. The standard InChI is InChI=1S/C37H43F3O5/c1-2-3-4-5-6-7-8-11-26-43-32-22-18-28(19-23-32)27-14-16-30(17-15-27)35(41)44-33-24-20-31(21-25-33)36(42)45-34(37(38,39)40)29-12-9-10-13-29/h14-25,29,34H,2-13,26H2,1H3. The minimum atomic E-state index is -4.63. The quantitative estimate of drug-likeness (QED) is 0.0902. The molecule has 0 aliphatic heterocycles. The third kappa shape index (κ3) is 10.6. The largest absolute Gasteiger partial charge is 0.494 e. The molecule has 0 heterocycles. The van der Waals surface area contributed by atoms with Gasteiger partial charge in [-0.3, -0.25) is 0 Å². The number of carbonyl (C=O) groups is 2. The Morgan fingerprint density at radius 2 is 1.18 bits per heavy atom. The first-order valence-electron chi connectivity index (χ1n) is 16.2. The molecule has 1 aliphatic rings. The lowest BCUT2D eigenvalue weighted by Gasteiger charge is -2.25. The fraction of sp³-hybridized carbons (Fsp3) is 0.459. The molecule has 1 saturated carbocycles. The Labute approximate surface area is 264 Å². The molecule has 1 aliphatic carbocycles. The van der Waals surface area contributed by atoms with E-state index in [4.69, 9.17) is 14.2 Å². The molecule has 0 N–H and O–H groups in total. The maximum absolute atomic E-state index is 13.5. The Morgan fingerprint density at radius 3 is 1.76 bits per heavy atom. The molecule has 0 aromatic heterocycles. The van der Waals surface area contributed by atoms with Gasteiger partial charge in [-0.05, 0) is 78.9 Å². The van der Waals surface area contributed by atoms with Crippen LogP contribution in [0.3, 0.4) is 0 Å². The third-order valence-electron chi connectivity index (χ3n) is 8.26. The van der Waals surface area contributed by atoms with E-state index in [1.807, 2.05) is 36.4 Å². The number of esters is 2. The van der Waals surface area contributed by atoms with Crippen LogP contribution in [0.2, 0.25) is 0 Å². The highest BCUT2D eigenvalue weighted by atomic mass is 19.4. The van der Waals surface area contributed by atoms with Crippen LogP contribution in [0.25, 0.3) is 11.1 Å². The van der Waals surface area contributed by atoms with E-state index in [-0.39, 0.29) is 11.3 Å². The van der Waals surface area contributed by atoms with Gasteiger partial charge in [0.25, 0.3) is 0 Å². The van der Waals surface area contributed by atoms with Crippen molar-refractivity contribution in [2.24, 2.45) is 5.92 Å². The molecule has 0 radical (unpaired) electrons. The van der Waals surface area contributed by atoms with Gasteiger partial charge in [-0.2, -0.15) is 13.2 Å². The molecule has 8 heteroatoms. The van der Waals surface area contributed by atoms with Crippen molar-refractivity contribution in [2.75, 3.05) is 6.61 Å². The SMILES string of the molecule is CCCCCCCCCCOc1ccc(-c2ccc(C(=O)Oc3ccc(C(=O)OC(C4CCCC4)C(F)(F)F)cc3)cc2)cc1. The van der Waals surface area contributed by atoms with Crippen LogP contribution < -0.4 is 9.47 Å². The highest BCUT2D eigenvalue weighted by molar-refractivity contribution is 5.92. The molecule has 3 aromatic rings. The second-order valence-corrected chi connectivity index (χ2v) is 11.8. The van der Waals surface area contributed by atoms with E-state index >= 15 is 0 Å². The Kier molecular flexibility index (Phi) is 12.9. The molecule has 45 heavy (non-hydrogen) atoms. The van der Waals surface area contributed by atoms with E-state index in [0.717, 1.165) is 23.3 Å². The van der Waals surface area contributed by atoms with Crippen molar-refractivity contribution in [1.29, 1.82) is 0 Å². The molecule has 3 aromatic carbocycles. The van der Waals surface area contributed by atoms with Crippen LogP contribution in [0.1, 0.15) is 105 Å². The Balaban J connectivity index is 1.23. The van der Waals surface area contributed by atoms with Crippen molar-refractivity contribution in [3.63, 3.8) is 0 Å². The molecular weight excluding hydrogens is 581 g/mol. The lowest BCUT2D eigenvalue weighted by Crippen LogP contribution is -2.39. The van der Waals surface area contributed by atoms with Crippen LogP contribution in [0.15, 0.2) is 72.8 Å². The summed E-state index contributed by atoms with van der Waals surface area (Å²) in [6.45, 7) is 2.94. The van der Waals surface area contributed by atoms with E-state index in [9.17, 15) is 22.8 Å². The van der Waals surface area contributed by atoms with E-state index in [1.165, 1.54) is 69.2 Å². The fourth-order valence-corrected chi connectivity index (χ4v) is 5.67. The fourth-order valence-electron chi connectivity index (χ4n) is 5.67. The highest BCUT2D eigenvalue weighted by Crippen LogP contribution is 2.38. The predicted molar refractivity (Wildman–Crippen MR) is 169 cm³/mol. The van der Waals surface area contributed by atoms with Crippen molar-refractivity contribution in [1.82, 2.24) is 0 Å². The van der Waals surface area contributed by atoms with Gasteiger partial charge in [0.15, 0.2) is 6.10 Å². The lowest BCUT2D eigenvalue weighted by molar-refractivity contribution is -0.219. The maximum atomic E-state index is 13.5. The van der Waals surface area contributed by atoms with Gasteiger partial charge >= 0.3 is 18.1 Å². The predicted octanol–water partition coefficient (Wildman–Crippen LogP) is 10.4. The van der Waals surface area contributed by atoms with Crippen LogP contribution in [0.4, 0.5) is 13.2 Å². The maximum Gasteiger partial charge on any atom is 0.425 e. The molecule has 0 bridgehead atoms. The van der Waals surface area contributed by atoms with E-state index in [0.29, 0.717) is 37.9 Å². The van der Waals surface area contributed by atoms with Crippen LogP contribution in [-0.2, 0) is 4.74 Å². The number of unbranched alkanes of at least 4 members (excludes halogenated alkanes) is 7. The smallest absolute Gasteiger partial charge is 0.425 e. The normalized spacial score (nSPS) is 14.2. The number of ether oxygens (including phenoxy) is 3. The van der Waals surface area contributed by atoms with Crippen LogP contribution in [0.5, 0.6) is 11.5 Å². The molecule has 1 unspecified atom stereocenters. The topological polar surface area (TPSA) is 61.8 Å².